The lowest BCUT2D eigenvalue weighted by atomic mass is 10.1. The smallest absolute Gasteiger partial charge is 0.317 e. The van der Waals surface area contributed by atoms with E-state index in [9.17, 15) is 9.59 Å². The minimum atomic E-state index is -0.845. The Morgan fingerprint density at radius 1 is 1.52 bits per heavy atom. The molecule has 1 heterocycles. The molecule has 0 spiro atoms. The summed E-state index contributed by atoms with van der Waals surface area (Å²) in [4.78, 5) is 26.0. The molecule has 5 nitrogen and oxygen atoms in total. The van der Waals surface area contributed by atoms with Crippen molar-refractivity contribution in [3.05, 3.63) is 34.5 Å². The summed E-state index contributed by atoms with van der Waals surface area (Å²) in [5.74, 6) is -1.34. The average molecular weight is 308 g/mol. The van der Waals surface area contributed by atoms with E-state index in [1.54, 1.807) is 35.4 Å². The number of rotatable bonds is 5. The molecule has 0 radical (unpaired) electrons. The SMILES string of the molecule is CC(Cc1cccs1)N(C)C(=O)NC1C=CC(C(=O)O)C1. The van der Waals surface area contributed by atoms with Gasteiger partial charge in [-0.05, 0) is 24.8 Å². The fraction of sp³-hybridized carbons (Fsp3) is 0.467. The average Bonchev–Trinajstić information content (AvgIpc) is 3.09. The lowest BCUT2D eigenvalue weighted by Gasteiger charge is -2.26. The normalized spacial score (nSPS) is 22.0. The Labute approximate surface area is 128 Å². The van der Waals surface area contributed by atoms with Gasteiger partial charge in [0.05, 0.1) is 12.0 Å². The summed E-state index contributed by atoms with van der Waals surface area (Å²) in [7, 11) is 1.76. The van der Waals surface area contributed by atoms with Gasteiger partial charge in [-0.2, -0.15) is 0 Å². The number of carbonyl (C=O) groups is 2. The molecule has 0 aliphatic heterocycles. The van der Waals surface area contributed by atoms with E-state index in [1.165, 1.54) is 4.88 Å². The van der Waals surface area contributed by atoms with Gasteiger partial charge in [0.1, 0.15) is 0 Å². The van der Waals surface area contributed by atoms with Crippen LogP contribution in [0.15, 0.2) is 29.7 Å². The molecule has 1 aliphatic carbocycles. The van der Waals surface area contributed by atoms with Crippen molar-refractivity contribution in [1.29, 1.82) is 0 Å². The van der Waals surface area contributed by atoms with Gasteiger partial charge in [0.25, 0.3) is 0 Å². The number of carboxylic acid groups (broad SMARTS) is 1. The maximum Gasteiger partial charge on any atom is 0.317 e. The predicted octanol–water partition coefficient (Wildman–Crippen LogP) is 2.35. The van der Waals surface area contributed by atoms with Crippen LogP contribution in [-0.4, -0.2) is 41.1 Å². The molecule has 6 heteroatoms. The number of carboxylic acids is 1. The lowest BCUT2D eigenvalue weighted by Crippen LogP contribution is -2.46. The molecule has 114 valence electrons. The van der Waals surface area contributed by atoms with E-state index in [1.807, 2.05) is 18.4 Å². The van der Waals surface area contributed by atoms with Crippen LogP contribution in [0, 0.1) is 5.92 Å². The first kappa shape index (κ1) is 15.6. The topological polar surface area (TPSA) is 69.6 Å². The molecule has 1 aromatic heterocycles. The highest BCUT2D eigenvalue weighted by Gasteiger charge is 2.27. The number of aliphatic carboxylic acids is 1. The Morgan fingerprint density at radius 2 is 2.29 bits per heavy atom. The van der Waals surface area contributed by atoms with Crippen molar-refractivity contribution in [2.45, 2.75) is 31.8 Å². The van der Waals surface area contributed by atoms with Gasteiger partial charge in [0.15, 0.2) is 0 Å². The molecule has 3 atom stereocenters. The largest absolute Gasteiger partial charge is 0.481 e. The van der Waals surface area contributed by atoms with E-state index in [0.717, 1.165) is 6.42 Å². The van der Waals surface area contributed by atoms with Crippen LogP contribution in [0.25, 0.3) is 0 Å². The van der Waals surface area contributed by atoms with Gasteiger partial charge < -0.3 is 15.3 Å². The number of urea groups is 1. The second kappa shape index (κ2) is 6.76. The molecule has 1 aromatic rings. The van der Waals surface area contributed by atoms with Crippen molar-refractivity contribution in [2.24, 2.45) is 5.92 Å². The van der Waals surface area contributed by atoms with Crippen LogP contribution < -0.4 is 5.32 Å². The van der Waals surface area contributed by atoms with Crippen molar-refractivity contribution in [1.82, 2.24) is 10.2 Å². The zero-order valence-electron chi connectivity index (χ0n) is 12.2. The summed E-state index contributed by atoms with van der Waals surface area (Å²) in [5, 5.41) is 13.8. The molecule has 0 saturated carbocycles. The third-order valence-electron chi connectivity index (χ3n) is 3.77. The molecular weight excluding hydrogens is 288 g/mol. The van der Waals surface area contributed by atoms with Gasteiger partial charge in [-0.25, -0.2) is 4.79 Å². The van der Waals surface area contributed by atoms with Crippen molar-refractivity contribution in [3.8, 4) is 0 Å². The van der Waals surface area contributed by atoms with Gasteiger partial charge in [0, 0.05) is 24.4 Å². The van der Waals surface area contributed by atoms with Crippen molar-refractivity contribution >= 4 is 23.3 Å². The second-order valence-corrected chi connectivity index (χ2v) is 6.40. The third kappa shape index (κ3) is 4.07. The number of nitrogens with zero attached hydrogens (tertiary/aromatic N) is 1. The van der Waals surface area contributed by atoms with Crippen LogP contribution in [0.1, 0.15) is 18.2 Å². The number of thiophene rings is 1. The minimum absolute atomic E-state index is 0.0873. The Balaban J connectivity index is 1.83. The molecule has 3 unspecified atom stereocenters. The molecule has 0 fully saturated rings. The highest BCUT2D eigenvalue weighted by atomic mass is 32.1. The molecular formula is C15H20N2O3S. The van der Waals surface area contributed by atoms with E-state index in [-0.39, 0.29) is 18.1 Å². The molecule has 1 aliphatic rings. The van der Waals surface area contributed by atoms with Crippen LogP contribution >= 0.6 is 11.3 Å². The molecule has 0 aromatic carbocycles. The number of likely N-dealkylation sites (N-methyl/N-ethyl adjacent to an activating group) is 1. The molecule has 2 rings (SSSR count). The fourth-order valence-corrected chi connectivity index (χ4v) is 3.13. The highest BCUT2D eigenvalue weighted by molar-refractivity contribution is 7.09. The van der Waals surface area contributed by atoms with Crippen molar-refractivity contribution in [3.63, 3.8) is 0 Å². The van der Waals surface area contributed by atoms with Gasteiger partial charge in [0.2, 0.25) is 0 Å². The molecule has 0 bridgehead atoms. The Morgan fingerprint density at radius 3 is 2.86 bits per heavy atom. The van der Waals surface area contributed by atoms with Gasteiger partial charge in [-0.1, -0.05) is 18.2 Å². The summed E-state index contributed by atoms with van der Waals surface area (Å²) in [6.45, 7) is 2.00. The summed E-state index contributed by atoms with van der Waals surface area (Å²) in [6.07, 6.45) is 4.64. The minimum Gasteiger partial charge on any atom is -0.481 e. The lowest BCUT2D eigenvalue weighted by molar-refractivity contribution is -0.140. The highest BCUT2D eigenvalue weighted by Crippen LogP contribution is 2.18. The molecule has 0 saturated heterocycles. The first-order chi connectivity index (χ1) is 9.97. The Kier molecular flexibility index (Phi) is 5.01. The monoisotopic (exact) mass is 308 g/mol. The maximum absolute atomic E-state index is 12.2. The van der Waals surface area contributed by atoms with Crippen LogP contribution in [0.5, 0.6) is 0 Å². The van der Waals surface area contributed by atoms with Gasteiger partial charge in [-0.15, -0.1) is 11.3 Å². The first-order valence-electron chi connectivity index (χ1n) is 6.94. The van der Waals surface area contributed by atoms with Crippen LogP contribution in [0.2, 0.25) is 0 Å². The summed E-state index contributed by atoms with van der Waals surface area (Å²) < 4.78 is 0. The first-order valence-corrected chi connectivity index (χ1v) is 7.82. The molecule has 2 amide bonds. The zero-order chi connectivity index (χ0) is 15.4. The quantitative estimate of drug-likeness (QED) is 0.820. The number of hydrogen-bond acceptors (Lipinski definition) is 3. The van der Waals surface area contributed by atoms with E-state index in [0.29, 0.717) is 6.42 Å². The van der Waals surface area contributed by atoms with Crippen LogP contribution in [0.3, 0.4) is 0 Å². The third-order valence-corrected chi connectivity index (χ3v) is 4.67. The Hall–Kier alpha value is -1.82. The van der Waals surface area contributed by atoms with E-state index in [4.69, 9.17) is 5.11 Å². The number of amides is 2. The summed E-state index contributed by atoms with van der Waals surface area (Å²) in [5.41, 5.74) is 0. The van der Waals surface area contributed by atoms with Crippen LogP contribution in [-0.2, 0) is 11.2 Å². The molecule has 2 N–H and O–H groups in total. The summed E-state index contributed by atoms with van der Waals surface area (Å²) in [6, 6.07) is 3.78. The van der Waals surface area contributed by atoms with Gasteiger partial charge in [-0.3, -0.25) is 4.79 Å². The van der Waals surface area contributed by atoms with Crippen molar-refractivity contribution < 1.29 is 14.7 Å². The molecule has 21 heavy (non-hydrogen) atoms. The fourth-order valence-electron chi connectivity index (χ4n) is 2.31. The van der Waals surface area contributed by atoms with Gasteiger partial charge >= 0.3 is 12.0 Å². The van der Waals surface area contributed by atoms with Crippen LogP contribution in [0.4, 0.5) is 4.79 Å². The second-order valence-electron chi connectivity index (χ2n) is 5.36. The van der Waals surface area contributed by atoms with E-state index >= 15 is 0 Å². The summed E-state index contributed by atoms with van der Waals surface area (Å²) >= 11 is 1.68. The zero-order valence-corrected chi connectivity index (χ0v) is 13.0. The number of carbonyl (C=O) groups excluding carboxylic acids is 1. The number of hydrogen-bond donors (Lipinski definition) is 2. The van der Waals surface area contributed by atoms with E-state index < -0.39 is 11.9 Å². The standard InChI is InChI=1S/C15H20N2O3S/c1-10(8-13-4-3-7-21-13)17(2)15(20)16-12-6-5-11(9-12)14(18)19/h3-7,10-12H,8-9H2,1-2H3,(H,16,20)(H,18,19). The van der Waals surface area contributed by atoms with Crippen molar-refractivity contribution in [2.75, 3.05) is 7.05 Å². The Bertz CT molecular complexity index is 527. The predicted molar refractivity (Wildman–Crippen MR) is 82.5 cm³/mol. The van der Waals surface area contributed by atoms with E-state index in [2.05, 4.69) is 11.4 Å². The number of nitrogens with one attached hydrogen (secondary N) is 1. The maximum atomic E-state index is 12.2.